The molecule has 2 amide bonds. The van der Waals surface area contributed by atoms with Crippen LogP contribution in [-0.4, -0.2) is 17.9 Å². The molecule has 106 valence electrons. The van der Waals surface area contributed by atoms with Crippen molar-refractivity contribution >= 4 is 17.4 Å². The van der Waals surface area contributed by atoms with Crippen molar-refractivity contribution in [2.45, 2.75) is 13.0 Å². The molecule has 4 heteroatoms. The number of primary amides is 1. The molecule has 4 nitrogen and oxygen atoms in total. The van der Waals surface area contributed by atoms with Crippen LogP contribution >= 0.6 is 0 Å². The molecule has 1 heterocycles. The summed E-state index contributed by atoms with van der Waals surface area (Å²) in [6.45, 7) is 2.03. The van der Waals surface area contributed by atoms with Crippen LogP contribution in [0, 0.1) is 5.92 Å². The third-order valence-corrected chi connectivity index (χ3v) is 3.91. The average molecular weight is 280 g/mol. The summed E-state index contributed by atoms with van der Waals surface area (Å²) in [5.41, 5.74) is 7.73. The maximum atomic E-state index is 12.4. The first-order valence-electron chi connectivity index (χ1n) is 6.88. The lowest BCUT2D eigenvalue weighted by atomic mass is 9.86. The highest BCUT2D eigenvalue weighted by Crippen LogP contribution is 2.35. The van der Waals surface area contributed by atoms with Crippen molar-refractivity contribution in [1.82, 2.24) is 5.32 Å². The number of carbonyl (C=O) groups excluding carboxylic acids is 2. The highest BCUT2D eigenvalue weighted by atomic mass is 16.2. The number of amides is 2. The first-order chi connectivity index (χ1) is 10.1. The molecular weight excluding hydrogens is 264 g/mol. The average Bonchev–Trinajstić information content (AvgIpc) is 2.79. The Morgan fingerprint density at radius 2 is 1.95 bits per heavy atom. The highest BCUT2D eigenvalue weighted by Gasteiger charge is 2.38. The van der Waals surface area contributed by atoms with E-state index in [0.717, 1.165) is 5.57 Å². The number of rotatable bonds is 2. The molecule has 21 heavy (non-hydrogen) atoms. The standard InChI is InChI=1S/C17H16N2O2/c1-10-6-5-9-12-14(17(21)19-15(10)12)13(16(18)20)11-7-3-2-4-8-11/h2-10,15H,1H3,(H2,18,20)(H,19,21)/b14-13+/t10-,15?/m1/s1. The van der Waals surface area contributed by atoms with Gasteiger partial charge in [-0.25, -0.2) is 0 Å². The van der Waals surface area contributed by atoms with Gasteiger partial charge in [0.1, 0.15) is 0 Å². The fourth-order valence-electron chi connectivity index (χ4n) is 2.90. The number of nitrogens with two attached hydrogens (primary N) is 1. The van der Waals surface area contributed by atoms with E-state index in [0.29, 0.717) is 11.1 Å². The monoisotopic (exact) mass is 280 g/mol. The van der Waals surface area contributed by atoms with Crippen LogP contribution in [0.2, 0.25) is 0 Å². The summed E-state index contributed by atoms with van der Waals surface area (Å²) >= 11 is 0. The Bertz CT molecular complexity index is 699. The molecular formula is C17H16N2O2. The molecule has 1 fully saturated rings. The molecule has 3 N–H and O–H groups in total. The fraction of sp³-hybridized carbons (Fsp3) is 0.176. The third kappa shape index (κ3) is 2.18. The Morgan fingerprint density at radius 3 is 2.62 bits per heavy atom. The summed E-state index contributed by atoms with van der Waals surface area (Å²) < 4.78 is 0. The molecule has 3 rings (SSSR count). The minimum atomic E-state index is -0.588. The van der Waals surface area contributed by atoms with Crippen LogP contribution < -0.4 is 11.1 Å². The van der Waals surface area contributed by atoms with Gasteiger partial charge < -0.3 is 11.1 Å². The van der Waals surface area contributed by atoms with Gasteiger partial charge in [-0.2, -0.15) is 0 Å². The van der Waals surface area contributed by atoms with Crippen molar-refractivity contribution in [2.75, 3.05) is 0 Å². The number of nitrogens with one attached hydrogen (secondary N) is 1. The van der Waals surface area contributed by atoms with Crippen LogP contribution in [0.1, 0.15) is 12.5 Å². The molecule has 2 atom stereocenters. The summed E-state index contributed by atoms with van der Waals surface area (Å²) in [7, 11) is 0. The normalized spacial score (nSPS) is 26.0. The van der Waals surface area contributed by atoms with Gasteiger partial charge in [-0.15, -0.1) is 0 Å². The zero-order valence-corrected chi connectivity index (χ0v) is 11.7. The molecule has 1 unspecified atom stereocenters. The summed E-state index contributed by atoms with van der Waals surface area (Å²) in [6, 6.07) is 8.99. The minimum Gasteiger partial charge on any atom is -0.366 e. The second kappa shape index (κ2) is 5.05. The smallest absolute Gasteiger partial charge is 0.252 e. The van der Waals surface area contributed by atoms with E-state index in [1.54, 1.807) is 12.1 Å². The van der Waals surface area contributed by atoms with E-state index in [-0.39, 0.29) is 23.4 Å². The summed E-state index contributed by atoms with van der Waals surface area (Å²) in [5, 5.41) is 2.94. The van der Waals surface area contributed by atoms with Gasteiger partial charge in [0.15, 0.2) is 0 Å². The van der Waals surface area contributed by atoms with Gasteiger partial charge in [-0.3, -0.25) is 9.59 Å². The lowest BCUT2D eigenvalue weighted by Gasteiger charge is -2.20. The Hall–Kier alpha value is -2.62. The second-order valence-electron chi connectivity index (χ2n) is 5.30. The van der Waals surface area contributed by atoms with Crippen LogP contribution in [0.5, 0.6) is 0 Å². The van der Waals surface area contributed by atoms with Gasteiger partial charge >= 0.3 is 0 Å². The zero-order valence-electron chi connectivity index (χ0n) is 11.7. The first-order valence-corrected chi connectivity index (χ1v) is 6.88. The number of benzene rings is 1. The molecule has 1 aliphatic heterocycles. The van der Waals surface area contributed by atoms with Crippen molar-refractivity contribution in [3.05, 3.63) is 65.3 Å². The van der Waals surface area contributed by atoms with Gasteiger partial charge in [0, 0.05) is 0 Å². The Labute approximate surface area is 123 Å². The molecule has 1 saturated heterocycles. The van der Waals surface area contributed by atoms with Crippen LogP contribution in [0.15, 0.2) is 59.7 Å². The van der Waals surface area contributed by atoms with E-state index in [2.05, 4.69) is 5.32 Å². The van der Waals surface area contributed by atoms with Gasteiger partial charge in [-0.05, 0) is 17.1 Å². The lowest BCUT2D eigenvalue weighted by Crippen LogP contribution is -2.32. The quantitative estimate of drug-likeness (QED) is 0.807. The lowest BCUT2D eigenvalue weighted by molar-refractivity contribution is -0.117. The number of hydrogen-bond acceptors (Lipinski definition) is 2. The molecule has 1 aromatic rings. The van der Waals surface area contributed by atoms with Crippen molar-refractivity contribution in [2.24, 2.45) is 11.7 Å². The third-order valence-electron chi connectivity index (χ3n) is 3.91. The Morgan fingerprint density at radius 1 is 1.24 bits per heavy atom. The predicted octanol–water partition coefficient (Wildman–Crippen LogP) is 1.56. The molecule has 0 spiro atoms. The molecule has 0 radical (unpaired) electrons. The molecule has 2 aliphatic rings. The van der Waals surface area contributed by atoms with E-state index in [1.807, 2.05) is 43.4 Å². The van der Waals surface area contributed by atoms with Gasteiger partial charge in [0.2, 0.25) is 5.91 Å². The Kier molecular flexibility index (Phi) is 3.22. The van der Waals surface area contributed by atoms with Crippen molar-refractivity contribution < 1.29 is 9.59 Å². The maximum Gasteiger partial charge on any atom is 0.252 e. The molecule has 0 saturated carbocycles. The predicted molar refractivity (Wildman–Crippen MR) is 80.9 cm³/mol. The molecule has 1 aliphatic carbocycles. The van der Waals surface area contributed by atoms with E-state index in [9.17, 15) is 9.59 Å². The number of fused-ring (bicyclic) bond motifs is 1. The number of carbonyl (C=O) groups is 2. The largest absolute Gasteiger partial charge is 0.366 e. The summed E-state index contributed by atoms with van der Waals surface area (Å²) in [6.07, 6.45) is 5.83. The van der Waals surface area contributed by atoms with E-state index in [4.69, 9.17) is 5.73 Å². The number of allylic oxidation sites excluding steroid dienone is 2. The number of hydrogen-bond donors (Lipinski definition) is 2. The van der Waals surface area contributed by atoms with Crippen molar-refractivity contribution in [1.29, 1.82) is 0 Å². The maximum absolute atomic E-state index is 12.4. The van der Waals surface area contributed by atoms with E-state index in [1.165, 1.54) is 0 Å². The van der Waals surface area contributed by atoms with Crippen LogP contribution in [0.4, 0.5) is 0 Å². The fourth-order valence-corrected chi connectivity index (χ4v) is 2.90. The van der Waals surface area contributed by atoms with Gasteiger partial charge in [0.25, 0.3) is 5.91 Å². The molecule has 1 aromatic carbocycles. The van der Waals surface area contributed by atoms with Crippen LogP contribution in [-0.2, 0) is 9.59 Å². The SMILES string of the molecule is C[C@@H]1C=CC=C2/C(=C(\C(N)=O)c3ccccc3)C(=O)NC21. The van der Waals surface area contributed by atoms with Crippen molar-refractivity contribution in [3.63, 3.8) is 0 Å². The first kappa shape index (κ1) is 13.4. The van der Waals surface area contributed by atoms with Gasteiger partial charge in [-0.1, -0.05) is 55.5 Å². The highest BCUT2D eigenvalue weighted by molar-refractivity contribution is 6.27. The summed E-state index contributed by atoms with van der Waals surface area (Å²) in [5.74, 6) is -0.633. The topological polar surface area (TPSA) is 72.2 Å². The summed E-state index contributed by atoms with van der Waals surface area (Å²) in [4.78, 5) is 24.3. The molecule has 0 aromatic heterocycles. The van der Waals surface area contributed by atoms with Crippen LogP contribution in [0.3, 0.4) is 0 Å². The molecule has 0 bridgehead atoms. The Balaban J connectivity index is 2.22. The zero-order chi connectivity index (χ0) is 15.0. The van der Waals surface area contributed by atoms with Crippen LogP contribution in [0.25, 0.3) is 5.57 Å². The van der Waals surface area contributed by atoms with E-state index < -0.39 is 5.91 Å². The van der Waals surface area contributed by atoms with Gasteiger partial charge in [0.05, 0.1) is 17.2 Å². The second-order valence-corrected chi connectivity index (χ2v) is 5.30. The van der Waals surface area contributed by atoms with E-state index >= 15 is 0 Å². The van der Waals surface area contributed by atoms with Crippen molar-refractivity contribution in [3.8, 4) is 0 Å². The minimum absolute atomic E-state index is 0.0874.